The Bertz CT molecular complexity index is 1150. The number of hydrogen-bond acceptors (Lipinski definition) is 3. The van der Waals surface area contributed by atoms with Gasteiger partial charge in [0, 0.05) is 18.7 Å². The number of benzene rings is 2. The number of pyridine rings is 1. The van der Waals surface area contributed by atoms with E-state index in [9.17, 15) is 4.79 Å². The Balaban J connectivity index is 1.95. The average Bonchev–Trinajstić information content (AvgIpc) is 3.12. The van der Waals surface area contributed by atoms with Gasteiger partial charge in [0.2, 0.25) is 5.91 Å². The van der Waals surface area contributed by atoms with Crippen molar-refractivity contribution >= 4 is 11.6 Å². The lowest BCUT2D eigenvalue weighted by atomic mass is 9.98. The number of nitrogens with one attached hydrogen (secondary N) is 1. The van der Waals surface area contributed by atoms with Crippen molar-refractivity contribution in [3.05, 3.63) is 89.7 Å². The van der Waals surface area contributed by atoms with E-state index in [0.29, 0.717) is 0 Å². The molecule has 0 spiro atoms. The summed E-state index contributed by atoms with van der Waals surface area (Å²) in [5.74, 6) is 0.666. The molecule has 1 unspecified atom stereocenters. The second kappa shape index (κ2) is 7.80. The fourth-order valence-electron chi connectivity index (χ4n) is 3.52. The molecule has 1 amide bonds. The maximum atomic E-state index is 12.1. The van der Waals surface area contributed by atoms with Crippen LogP contribution in [0.25, 0.3) is 16.9 Å². The van der Waals surface area contributed by atoms with Crippen LogP contribution in [-0.2, 0) is 4.79 Å². The molecule has 0 saturated heterocycles. The molecule has 146 valence electrons. The summed E-state index contributed by atoms with van der Waals surface area (Å²) >= 11 is 0. The van der Waals surface area contributed by atoms with Crippen molar-refractivity contribution in [2.24, 2.45) is 0 Å². The molecule has 4 rings (SSSR count). The van der Waals surface area contributed by atoms with E-state index < -0.39 is 0 Å². The largest absolute Gasteiger partial charge is 0.497 e. The summed E-state index contributed by atoms with van der Waals surface area (Å²) in [4.78, 5) is 17.0. The van der Waals surface area contributed by atoms with Crippen molar-refractivity contribution < 1.29 is 9.53 Å². The Morgan fingerprint density at radius 1 is 1.03 bits per heavy atom. The Morgan fingerprint density at radius 2 is 1.76 bits per heavy atom. The summed E-state index contributed by atoms with van der Waals surface area (Å²) in [7, 11) is 1.64. The minimum atomic E-state index is -0.355. The number of amides is 1. The highest BCUT2D eigenvalue weighted by atomic mass is 16.5. The summed E-state index contributed by atoms with van der Waals surface area (Å²) < 4.78 is 7.33. The van der Waals surface area contributed by atoms with Crippen molar-refractivity contribution in [3.8, 4) is 17.0 Å². The minimum Gasteiger partial charge on any atom is -0.497 e. The summed E-state index contributed by atoms with van der Waals surface area (Å²) in [6, 6.07) is 21.6. The first-order valence-electron chi connectivity index (χ1n) is 9.52. The number of fused-ring (bicyclic) bond motifs is 1. The third-order valence-electron chi connectivity index (χ3n) is 4.96. The van der Waals surface area contributed by atoms with E-state index in [2.05, 4.69) is 36.5 Å². The van der Waals surface area contributed by atoms with Crippen molar-refractivity contribution in [2.45, 2.75) is 19.9 Å². The van der Waals surface area contributed by atoms with E-state index in [-0.39, 0.29) is 11.9 Å². The zero-order valence-electron chi connectivity index (χ0n) is 16.7. The number of hydrogen-bond donors (Lipinski definition) is 1. The number of nitrogens with zero attached hydrogens (tertiary/aromatic N) is 2. The topological polar surface area (TPSA) is 55.6 Å². The first kappa shape index (κ1) is 18.7. The Hall–Kier alpha value is -3.60. The van der Waals surface area contributed by atoms with Crippen LogP contribution in [0.1, 0.15) is 29.8 Å². The van der Waals surface area contributed by atoms with Crippen molar-refractivity contribution in [1.29, 1.82) is 0 Å². The summed E-state index contributed by atoms with van der Waals surface area (Å²) in [5.41, 5.74) is 5.77. The second-order valence-electron chi connectivity index (χ2n) is 7.05. The van der Waals surface area contributed by atoms with E-state index >= 15 is 0 Å². The fraction of sp³-hybridized carbons (Fsp3) is 0.167. The molecule has 0 fully saturated rings. The van der Waals surface area contributed by atoms with E-state index in [1.165, 1.54) is 12.5 Å². The molecule has 0 radical (unpaired) electrons. The second-order valence-corrected chi connectivity index (χ2v) is 7.05. The van der Waals surface area contributed by atoms with Gasteiger partial charge in [-0.25, -0.2) is 4.98 Å². The number of ether oxygens (including phenoxy) is 1. The standard InChI is InChI=1S/C24H23N3O2/c1-16-7-9-18(10-8-16)23-24(27-15-5-4-6-21(27)26-23)22(25-17(2)28)19-11-13-20(29-3)14-12-19/h4-15,22H,1-3H3,(H,25,28). The van der Waals surface area contributed by atoms with Crippen LogP contribution < -0.4 is 10.1 Å². The van der Waals surface area contributed by atoms with Gasteiger partial charge in [-0.2, -0.15) is 0 Å². The van der Waals surface area contributed by atoms with Crippen molar-refractivity contribution in [3.63, 3.8) is 0 Å². The number of carbonyl (C=O) groups excluding carboxylic acids is 1. The molecule has 5 heteroatoms. The van der Waals surface area contributed by atoms with E-state index in [1.807, 2.05) is 53.1 Å². The van der Waals surface area contributed by atoms with Crippen LogP contribution in [0.3, 0.4) is 0 Å². The molecule has 0 aliphatic heterocycles. The van der Waals surface area contributed by atoms with Gasteiger partial charge < -0.3 is 14.5 Å². The van der Waals surface area contributed by atoms with Gasteiger partial charge in [-0.05, 0) is 36.8 Å². The van der Waals surface area contributed by atoms with Crippen LogP contribution >= 0.6 is 0 Å². The SMILES string of the molecule is COc1ccc(C(NC(C)=O)c2c(-c3ccc(C)cc3)nc3ccccn23)cc1. The number of aromatic nitrogens is 2. The van der Waals surface area contributed by atoms with E-state index in [1.54, 1.807) is 7.11 Å². The van der Waals surface area contributed by atoms with Gasteiger partial charge in [0.05, 0.1) is 24.5 Å². The molecule has 2 aromatic carbocycles. The fourth-order valence-corrected chi connectivity index (χ4v) is 3.52. The smallest absolute Gasteiger partial charge is 0.217 e. The predicted octanol–water partition coefficient (Wildman–Crippen LogP) is 4.54. The van der Waals surface area contributed by atoms with Crippen molar-refractivity contribution in [1.82, 2.24) is 14.7 Å². The highest BCUT2D eigenvalue weighted by Crippen LogP contribution is 2.33. The Labute approximate surface area is 170 Å². The molecule has 0 bridgehead atoms. The summed E-state index contributed by atoms with van der Waals surface area (Å²) in [5, 5.41) is 3.11. The van der Waals surface area contributed by atoms with Crippen LogP contribution in [0.2, 0.25) is 0 Å². The Morgan fingerprint density at radius 3 is 2.41 bits per heavy atom. The van der Waals surface area contributed by atoms with Gasteiger partial charge in [-0.15, -0.1) is 0 Å². The Kier molecular flexibility index (Phi) is 5.04. The summed E-state index contributed by atoms with van der Waals surface area (Å²) in [6.45, 7) is 3.59. The van der Waals surface area contributed by atoms with Gasteiger partial charge in [-0.1, -0.05) is 48.0 Å². The third-order valence-corrected chi connectivity index (χ3v) is 4.96. The normalized spacial score (nSPS) is 12.0. The minimum absolute atomic E-state index is 0.105. The quantitative estimate of drug-likeness (QED) is 0.549. The summed E-state index contributed by atoms with van der Waals surface area (Å²) in [6.07, 6.45) is 1.98. The molecule has 2 aromatic heterocycles. The number of imidazole rings is 1. The monoisotopic (exact) mass is 385 g/mol. The molecule has 4 aromatic rings. The van der Waals surface area contributed by atoms with Crippen LogP contribution in [0.4, 0.5) is 0 Å². The maximum absolute atomic E-state index is 12.1. The van der Waals surface area contributed by atoms with Crippen molar-refractivity contribution in [2.75, 3.05) is 7.11 Å². The lowest BCUT2D eigenvalue weighted by molar-refractivity contribution is -0.119. The zero-order chi connectivity index (χ0) is 20.4. The van der Waals surface area contributed by atoms with Crippen LogP contribution in [0, 0.1) is 6.92 Å². The van der Waals surface area contributed by atoms with Gasteiger partial charge in [0.25, 0.3) is 0 Å². The molecule has 2 heterocycles. The molecule has 29 heavy (non-hydrogen) atoms. The highest BCUT2D eigenvalue weighted by molar-refractivity contribution is 5.76. The van der Waals surface area contributed by atoms with Gasteiger partial charge in [-0.3, -0.25) is 4.79 Å². The van der Waals surface area contributed by atoms with Crippen LogP contribution in [0.15, 0.2) is 72.9 Å². The molecule has 1 atom stereocenters. The zero-order valence-corrected chi connectivity index (χ0v) is 16.7. The lowest BCUT2D eigenvalue weighted by Gasteiger charge is -2.20. The molecule has 5 nitrogen and oxygen atoms in total. The first-order valence-corrected chi connectivity index (χ1v) is 9.52. The molecular weight excluding hydrogens is 362 g/mol. The number of aryl methyl sites for hydroxylation is 1. The molecular formula is C24H23N3O2. The van der Waals surface area contributed by atoms with E-state index in [4.69, 9.17) is 9.72 Å². The molecule has 0 saturated carbocycles. The lowest BCUT2D eigenvalue weighted by Crippen LogP contribution is -2.28. The van der Waals surface area contributed by atoms with Gasteiger partial charge in [0.1, 0.15) is 11.4 Å². The van der Waals surface area contributed by atoms with Crippen LogP contribution in [-0.4, -0.2) is 22.4 Å². The van der Waals surface area contributed by atoms with Crippen LogP contribution in [0.5, 0.6) is 5.75 Å². The molecule has 0 aliphatic carbocycles. The predicted molar refractivity (Wildman–Crippen MR) is 114 cm³/mol. The molecule has 1 N–H and O–H groups in total. The van der Waals surface area contributed by atoms with Gasteiger partial charge >= 0.3 is 0 Å². The number of carbonyl (C=O) groups is 1. The van der Waals surface area contributed by atoms with Gasteiger partial charge in [0.15, 0.2) is 0 Å². The molecule has 0 aliphatic rings. The third kappa shape index (κ3) is 3.72. The highest BCUT2D eigenvalue weighted by Gasteiger charge is 2.25. The average molecular weight is 385 g/mol. The maximum Gasteiger partial charge on any atom is 0.217 e. The number of methoxy groups -OCH3 is 1. The van der Waals surface area contributed by atoms with E-state index in [0.717, 1.165) is 33.9 Å². The number of rotatable bonds is 5. The first-order chi connectivity index (χ1) is 14.1.